The molecule has 0 fully saturated rings. The topological polar surface area (TPSA) is 92.0 Å². The van der Waals surface area contributed by atoms with Crippen LogP contribution in [0.25, 0.3) is 6.08 Å². The molecule has 1 aromatic heterocycles. The summed E-state index contributed by atoms with van der Waals surface area (Å²) >= 11 is 0. The molecule has 0 aliphatic carbocycles. The van der Waals surface area contributed by atoms with Gasteiger partial charge in [0.25, 0.3) is 5.91 Å². The zero-order valence-corrected chi connectivity index (χ0v) is 17.3. The first kappa shape index (κ1) is 22.0. The van der Waals surface area contributed by atoms with Crippen molar-refractivity contribution in [3.63, 3.8) is 0 Å². The van der Waals surface area contributed by atoms with E-state index < -0.39 is 15.9 Å². The van der Waals surface area contributed by atoms with Gasteiger partial charge in [-0.1, -0.05) is 27.7 Å². The average Bonchev–Trinajstić information content (AvgIpc) is 2.77. The van der Waals surface area contributed by atoms with E-state index in [1.807, 2.05) is 51.5 Å². The molecule has 1 heterocycles. The molecule has 26 heavy (non-hydrogen) atoms. The van der Waals surface area contributed by atoms with Crippen molar-refractivity contribution in [3.8, 4) is 6.07 Å². The van der Waals surface area contributed by atoms with Gasteiger partial charge in [0, 0.05) is 17.9 Å². The van der Waals surface area contributed by atoms with Crippen molar-refractivity contribution in [1.82, 2.24) is 9.29 Å². The molecule has 1 N–H and O–H groups in total. The number of nitrogens with one attached hydrogen (secondary N) is 1. The highest BCUT2D eigenvalue weighted by Crippen LogP contribution is 2.20. The lowest BCUT2D eigenvalue weighted by Gasteiger charge is -2.17. The van der Waals surface area contributed by atoms with Crippen LogP contribution in [0, 0.1) is 30.6 Å². The first-order chi connectivity index (χ1) is 11.9. The second-order valence-electron chi connectivity index (χ2n) is 7.71. The molecule has 0 saturated carbocycles. The quantitative estimate of drug-likeness (QED) is 0.581. The minimum Gasteiger partial charge on any atom is -0.349 e. The van der Waals surface area contributed by atoms with Crippen molar-refractivity contribution in [3.05, 3.63) is 28.6 Å². The lowest BCUT2D eigenvalue weighted by atomic mass is 9.94. The van der Waals surface area contributed by atoms with Crippen LogP contribution in [0.3, 0.4) is 0 Å². The Morgan fingerprint density at radius 2 is 1.96 bits per heavy atom. The first-order valence-corrected chi connectivity index (χ1v) is 10.4. The lowest BCUT2D eigenvalue weighted by molar-refractivity contribution is -0.115. The fourth-order valence-corrected chi connectivity index (χ4v) is 3.91. The number of carbonyl (C=O) groups excluding carboxylic acids is 1. The highest BCUT2D eigenvalue weighted by Gasteiger charge is 2.21. The van der Waals surface area contributed by atoms with Crippen molar-refractivity contribution in [2.24, 2.45) is 5.41 Å². The van der Waals surface area contributed by atoms with Gasteiger partial charge in [-0.2, -0.15) is 5.26 Å². The van der Waals surface area contributed by atoms with E-state index in [1.54, 1.807) is 0 Å². The molecular formula is C19H29N3O3S. The number of rotatable bonds is 7. The molecule has 0 radical (unpaired) electrons. The molecule has 1 aromatic rings. The van der Waals surface area contributed by atoms with E-state index in [4.69, 9.17) is 0 Å². The standard InChI is InChI=1S/C19H29N3O3S/c1-7-9-22-14(2)11-16(15(22)3)12-17(13-20)18(23)21-26(24,25)10-8-19(4,5)6/h11-12H,7-10H2,1-6H3,(H,21,23)/b17-12-. The van der Waals surface area contributed by atoms with Crippen LogP contribution >= 0.6 is 0 Å². The summed E-state index contributed by atoms with van der Waals surface area (Å²) in [6.07, 6.45) is 2.83. The molecule has 7 heteroatoms. The summed E-state index contributed by atoms with van der Waals surface area (Å²) < 4.78 is 28.3. The summed E-state index contributed by atoms with van der Waals surface area (Å²) in [6, 6.07) is 3.70. The van der Waals surface area contributed by atoms with E-state index in [0.29, 0.717) is 6.42 Å². The molecule has 1 rings (SSSR count). The summed E-state index contributed by atoms with van der Waals surface area (Å²) in [5, 5.41) is 9.30. The normalized spacial score (nSPS) is 12.7. The van der Waals surface area contributed by atoms with Gasteiger partial charge in [-0.3, -0.25) is 4.79 Å². The van der Waals surface area contributed by atoms with Gasteiger partial charge in [0.05, 0.1) is 5.75 Å². The second-order valence-corrected chi connectivity index (χ2v) is 9.55. The Balaban J connectivity index is 3.02. The summed E-state index contributed by atoms with van der Waals surface area (Å²) in [6.45, 7) is 12.6. The maximum atomic E-state index is 12.3. The van der Waals surface area contributed by atoms with E-state index in [-0.39, 0.29) is 16.7 Å². The van der Waals surface area contributed by atoms with E-state index >= 15 is 0 Å². The predicted molar refractivity (Wildman–Crippen MR) is 104 cm³/mol. The number of nitriles is 1. The Labute approximate surface area is 156 Å². The Hall–Kier alpha value is -2.07. The van der Waals surface area contributed by atoms with E-state index in [0.717, 1.165) is 29.9 Å². The molecule has 0 spiro atoms. The number of nitrogens with zero attached hydrogens (tertiary/aromatic N) is 2. The Morgan fingerprint density at radius 1 is 1.35 bits per heavy atom. The third-order valence-corrected chi connectivity index (χ3v) is 5.33. The molecule has 0 unspecified atom stereocenters. The largest absolute Gasteiger partial charge is 0.349 e. The van der Waals surface area contributed by atoms with Crippen molar-refractivity contribution in [1.29, 1.82) is 5.26 Å². The number of hydrogen-bond donors (Lipinski definition) is 1. The average molecular weight is 380 g/mol. The molecule has 0 atom stereocenters. The van der Waals surface area contributed by atoms with Crippen LogP contribution in [-0.4, -0.2) is 24.6 Å². The van der Waals surface area contributed by atoms with E-state index in [1.165, 1.54) is 6.08 Å². The Morgan fingerprint density at radius 3 is 2.46 bits per heavy atom. The first-order valence-electron chi connectivity index (χ1n) is 8.73. The van der Waals surface area contributed by atoms with Gasteiger partial charge < -0.3 is 4.57 Å². The van der Waals surface area contributed by atoms with Gasteiger partial charge in [-0.25, -0.2) is 13.1 Å². The Bertz CT molecular complexity index is 835. The summed E-state index contributed by atoms with van der Waals surface area (Å²) in [7, 11) is -3.78. The van der Waals surface area contributed by atoms with Gasteiger partial charge in [0.15, 0.2) is 0 Å². The maximum Gasteiger partial charge on any atom is 0.275 e. The van der Waals surface area contributed by atoms with Crippen molar-refractivity contribution >= 4 is 22.0 Å². The number of aromatic nitrogens is 1. The minimum absolute atomic E-state index is 0.161. The van der Waals surface area contributed by atoms with Crippen LogP contribution in [0.4, 0.5) is 0 Å². The van der Waals surface area contributed by atoms with Crippen LogP contribution in [-0.2, 0) is 21.4 Å². The van der Waals surface area contributed by atoms with Gasteiger partial charge in [-0.05, 0) is 49.8 Å². The highest BCUT2D eigenvalue weighted by molar-refractivity contribution is 7.90. The summed E-state index contributed by atoms with van der Waals surface area (Å²) in [5.74, 6) is -1.05. The predicted octanol–water partition coefficient (Wildman–Crippen LogP) is 3.30. The zero-order chi connectivity index (χ0) is 20.1. The van der Waals surface area contributed by atoms with Crippen LogP contribution in [0.15, 0.2) is 11.6 Å². The molecule has 0 aliphatic rings. The molecule has 144 valence electrons. The van der Waals surface area contributed by atoms with Crippen LogP contribution < -0.4 is 4.72 Å². The maximum absolute atomic E-state index is 12.3. The highest BCUT2D eigenvalue weighted by atomic mass is 32.2. The number of carbonyl (C=O) groups is 1. The van der Waals surface area contributed by atoms with Crippen molar-refractivity contribution in [2.45, 2.75) is 60.9 Å². The zero-order valence-electron chi connectivity index (χ0n) is 16.5. The van der Waals surface area contributed by atoms with Gasteiger partial charge in [-0.15, -0.1) is 0 Å². The van der Waals surface area contributed by atoms with Gasteiger partial charge in [0.1, 0.15) is 11.6 Å². The third kappa shape index (κ3) is 6.34. The SMILES string of the molecule is CCCn1c(C)cc(/C=C(/C#N)C(=O)NS(=O)(=O)CCC(C)(C)C)c1C. The number of amides is 1. The minimum atomic E-state index is -3.78. The Kier molecular flexibility index (Phi) is 7.22. The van der Waals surface area contributed by atoms with Crippen molar-refractivity contribution < 1.29 is 13.2 Å². The van der Waals surface area contributed by atoms with Crippen LogP contribution in [0.5, 0.6) is 0 Å². The van der Waals surface area contributed by atoms with E-state index in [2.05, 4.69) is 11.5 Å². The monoisotopic (exact) mass is 379 g/mol. The number of sulfonamides is 1. The van der Waals surface area contributed by atoms with Gasteiger partial charge >= 0.3 is 0 Å². The molecular weight excluding hydrogens is 350 g/mol. The molecule has 1 amide bonds. The fourth-order valence-electron chi connectivity index (χ4n) is 2.53. The molecule has 6 nitrogen and oxygen atoms in total. The fraction of sp³-hybridized carbons (Fsp3) is 0.579. The van der Waals surface area contributed by atoms with Crippen molar-refractivity contribution in [2.75, 3.05) is 5.75 Å². The second kappa shape index (κ2) is 8.54. The van der Waals surface area contributed by atoms with Gasteiger partial charge in [0.2, 0.25) is 10.0 Å². The smallest absolute Gasteiger partial charge is 0.275 e. The number of hydrogen-bond acceptors (Lipinski definition) is 4. The lowest BCUT2D eigenvalue weighted by Crippen LogP contribution is -2.34. The summed E-state index contributed by atoms with van der Waals surface area (Å²) in [5.41, 5.74) is 2.34. The molecule has 0 aromatic carbocycles. The number of aryl methyl sites for hydroxylation is 1. The molecule has 0 aliphatic heterocycles. The molecule has 0 saturated heterocycles. The molecule has 0 bridgehead atoms. The third-order valence-electron chi connectivity index (χ3n) is 4.09. The van der Waals surface area contributed by atoms with E-state index in [9.17, 15) is 18.5 Å². The van der Waals surface area contributed by atoms with Crippen LogP contribution in [0.2, 0.25) is 0 Å². The van der Waals surface area contributed by atoms with Crippen LogP contribution in [0.1, 0.15) is 57.5 Å². The summed E-state index contributed by atoms with van der Waals surface area (Å²) in [4.78, 5) is 12.3.